The van der Waals surface area contributed by atoms with E-state index in [1.54, 1.807) is 0 Å². The van der Waals surface area contributed by atoms with Crippen molar-refractivity contribution in [2.45, 2.75) is 20.3 Å². The first kappa shape index (κ1) is 10.3. The minimum Gasteiger partial charge on any atom is -0.0801 e. The Morgan fingerprint density at radius 2 is 1.71 bits per heavy atom. The van der Waals surface area contributed by atoms with Gasteiger partial charge in [0.05, 0.1) is 0 Å². The summed E-state index contributed by atoms with van der Waals surface area (Å²) in [7, 11) is 0. The van der Waals surface area contributed by atoms with E-state index in [1.165, 1.54) is 33.0 Å². The van der Waals surface area contributed by atoms with Crippen LogP contribution in [0.15, 0.2) is 48.6 Å². The first-order chi connectivity index (χ1) is 8.27. The minimum absolute atomic E-state index is 1.06. The molecule has 0 heterocycles. The summed E-state index contributed by atoms with van der Waals surface area (Å²) in [4.78, 5) is 0. The van der Waals surface area contributed by atoms with Gasteiger partial charge in [0.25, 0.3) is 0 Å². The van der Waals surface area contributed by atoms with Crippen LogP contribution in [0.25, 0.3) is 16.3 Å². The minimum atomic E-state index is 1.06. The number of fused-ring (bicyclic) bond motifs is 1. The van der Waals surface area contributed by atoms with Crippen LogP contribution in [0.1, 0.15) is 23.1 Å². The van der Waals surface area contributed by atoms with Crippen LogP contribution in [0.5, 0.6) is 0 Å². The third-order valence-electron chi connectivity index (χ3n) is 3.54. The van der Waals surface area contributed by atoms with Crippen molar-refractivity contribution in [2.24, 2.45) is 0 Å². The Bertz CT molecular complexity index is 642. The van der Waals surface area contributed by atoms with Crippen LogP contribution in [0.4, 0.5) is 0 Å². The molecule has 0 amide bonds. The fourth-order valence-corrected chi connectivity index (χ4v) is 2.79. The van der Waals surface area contributed by atoms with Gasteiger partial charge in [-0.05, 0) is 53.3 Å². The summed E-state index contributed by atoms with van der Waals surface area (Å²) in [6.07, 6.45) is 7.69. The molecule has 1 aliphatic carbocycles. The molecule has 0 bridgehead atoms. The van der Waals surface area contributed by atoms with Crippen molar-refractivity contribution in [2.75, 3.05) is 0 Å². The predicted octanol–water partition coefficient (Wildman–Crippen LogP) is 4.80. The molecule has 0 nitrogen and oxygen atoms in total. The fraction of sp³-hybridized carbons (Fsp3) is 0.176. The number of aryl methyl sites for hydroxylation is 2. The van der Waals surface area contributed by atoms with E-state index >= 15 is 0 Å². The van der Waals surface area contributed by atoms with Gasteiger partial charge in [-0.25, -0.2) is 0 Å². The second-order valence-corrected chi connectivity index (χ2v) is 4.76. The summed E-state index contributed by atoms with van der Waals surface area (Å²) < 4.78 is 0. The van der Waals surface area contributed by atoms with Gasteiger partial charge in [-0.2, -0.15) is 0 Å². The zero-order valence-electron chi connectivity index (χ0n) is 10.3. The largest absolute Gasteiger partial charge is 0.0801 e. The number of benzene rings is 2. The van der Waals surface area contributed by atoms with Gasteiger partial charge in [0.1, 0.15) is 0 Å². The van der Waals surface area contributed by atoms with Gasteiger partial charge in [0, 0.05) is 0 Å². The smallest absolute Gasteiger partial charge is 0.00881 e. The third-order valence-corrected chi connectivity index (χ3v) is 3.54. The highest BCUT2D eigenvalue weighted by Gasteiger charge is 2.11. The average Bonchev–Trinajstić information content (AvgIpc) is 2.83. The molecule has 0 unspecified atom stereocenters. The quantitative estimate of drug-likeness (QED) is 0.647. The molecule has 2 aromatic rings. The van der Waals surface area contributed by atoms with Crippen LogP contribution in [-0.2, 0) is 0 Å². The molecule has 0 aliphatic heterocycles. The van der Waals surface area contributed by atoms with Crippen molar-refractivity contribution in [3.05, 3.63) is 65.3 Å². The van der Waals surface area contributed by atoms with Crippen molar-refractivity contribution in [3.63, 3.8) is 0 Å². The van der Waals surface area contributed by atoms with Crippen LogP contribution in [0, 0.1) is 13.8 Å². The Labute approximate surface area is 102 Å². The lowest BCUT2D eigenvalue weighted by Crippen LogP contribution is -1.92. The number of hydrogen-bond acceptors (Lipinski definition) is 0. The van der Waals surface area contributed by atoms with E-state index in [9.17, 15) is 0 Å². The SMILES string of the molecule is Cc1cc(C)c2ccccc2c1C1=CC=CC1. The fourth-order valence-electron chi connectivity index (χ4n) is 2.79. The highest BCUT2D eigenvalue weighted by atomic mass is 14.2. The van der Waals surface area contributed by atoms with Crippen LogP contribution < -0.4 is 0 Å². The summed E-state index contributed by atoms with van der Waals surface area (Å²) in [6, 6.07) is 11.0. The zero-order chi connectivity index (χ0) is 11.8. The molecule has 0 N–H and O–H groups in total. The molecule has 0 atom stereocenters. The lowest BCUT2D eigenvalue weighted by molar-refractivity contribution is 1.36. The molecule has 0 spiro atoms. The van der Waals surface area contributed by atoms with Crippen molar-refractivity contribution < 1.29 is 0 Å². The predicted molar refractivity (Wildman–Crippen MR) is 75.2 cm³/mol. The van der Waals surface area contributed by atoms with Gasteiger partial charge in [0.15, 0.2) is 0 Å². The van der Waals surface area contributed by atoms with E-state index in [4.69, 9.17) is 0 Å². The van der Waals surface area contributed by atoms with Crippen LogP contribution in [-0.4, -0.2) is 0 Å². The number of allylic oxidation sites excluding steroid dienone is 4. The second-order valence-electron chi connectivity index (χ2n) is 4.76. The maximum atomic E-state index is 2.30. The highest BCUT2D eigenvalue weighted by Crippen LogP contribution is 2.34. The van der Waals surface area contributed by atoms with Crippen molar-refractivity contribution in [1.82, 2.24) is 0 Å². The molecule has 0 aromatic heterocycles. The van der Waals surface area contributed by atoms with Crippen molar-refractivity contribution >= 4 is 16.3 Å². The van der Waals surface area contributed by atoms with Crippen molar-refractivity contribution in [1.29, 1.82) is 0 Å². The maximum Gasteiger partial charge on any atom is -0.00881 e. The first-order valence-corrected chi connectivity index (χ1v) is 6.12. The monoisotopic (exact) mass is 220 g/mol. The lowest BCUT2D eigenvalue weighted by Gasteiger charge is -2.13. The second kappa shape index (κ2) is 3.89. The molecular formula is C17H16. The van der Waals surface area contributed by atoms with Crippen molar-refractivity contribution in [3.8, 4) is 0 Å². The lowest BCUT2D eigenvalue weighted by atomic mass is 9.91. The van der Waals surface area contributed by atoms with Crippen LogP contribution in [0.2, 0.25) is 0 Å². The van der Waals surface area contributed by atoms with Gasteiger partial charge in [0.2, 0.25) is 0 Å². The van der Waals surface area contributed by atoms with E-state index in [-0.39, 0.29) is 0 Å². The topological polar surface area (TPSA) is 0 Å². The molecular weight excluding hydrogens is 204 g/mol. The molecule has 0 radical (unpaired) electrons. The van der Waals surface area contributed by atoms with Gasteiger partial charge in [-0.1, -0.05) is 48.6 Å². The van der Waals surface area contributed by atoms with Gasteiger partial charge >= 0.3 is 0 Å². The molecule has 0 saturated carbocycles. The van der Waals surface area contributed by atoms with Gasteiger partial charge in [-0.3, -0.25) is 0 Å². The summed E-state index contributed by atoms with van der Waals surface area (Å²) in [5.41, 5.74) is 5.62. The molecule has 0 fully saturated rings. The Balaban J connectivity index is 2.37. The standard InChI is InChI=1S/C17H16/c1-12-11-13(2)17(14-7-3-4-8-14)16-10-6-5-9-15(12)16/h3-7,9-11H,8H2,1-2H3. The molecule has 2 aromatic carbocycles. The highest BCUT2D eigenvalue weighted by molar-refractivity contribution is 5.97. The molecule has 0 saturated heterocycles. The number of hydrogen-bond donors (Lipinski definition) is 0. The summed E-state index contributed by atoms with van der Waals surface area (Å²) >= 11 is 0. The normalized spacial score (nSPS) is 14.4. The summed E-state index contributed by atoms with van der Waals surface area (Å²) in [6.45, 7) is 4.41. The summed E-state index contributed by atoms with van der Waals surface area (Å²) in [5.74, 6) is 0. The molecule has 3 rings (SSSR count). The maximum absolute atomic E-state index is 2.30. The average molecular weight is 220 g/mol. The third kappa shape index (κ3) is 1.61. The van der Waals surface area contributed by atoms with E-state index in [0.29, 0.717) is 0 Å². The Hall–Kier alpha value is -1.82. The molecule has 1 aliphatic rings. The van der Waals surface area contributed by atoms with E-state index in [1.807, 2.05) is 0 Å². The van der Waals surface area contributed by atoms with Gasteiger partial charge in [-0.15, -0.1) is 0 Å². The Morgan fingerprint density at radius 1 is 0.941 bits per heavy atom. The number of rotatable bonds is 1. The molecule has 17 heavy (non-hydrogen) atoms. The Morgan fingerprint density at radius 3 is 2.41 bits per heavy atom. The van der Waals surface area contributed by atoms with E-state index in [2.05, 4.69) is 62.4 Å². The van der Waals surface area contributed by atoms with Crippen LogP contribution in [0.3, 0.4) is 0 Å². The van der Waals surface area contributed by atoms with E-state index < -0.39 is 0 Å². The molecule has 84 valence electrons. The molecule has 0 heteroatoms. The van der Waals surface area contributed by atoms with Gasteiger partial charge < -0.3 is 0 Å². The summed E-state index contributed by atoms with van der Waals surface area (Å²) in [5, 5.41) is 2.76. The zero-order valence-corrected chi connectivity index (χ0v) is 10.3. The van der Waals surface area contributed by atoms with E-state index in [0.717, 1.165) is 6.42 Å². The van der Waals surface area contributed by atoms with Crippen LogP contribution >= 0.6 is 0 Å². The first-order valence-electron chi connectivity index (χ1n) is 6.12. The Kier molecular flexibility index (Phi) is 2.36.